The van der Waals surface area contributed by atoms with Crippen LogP contribution in [-0.2, 0) is 7.05 Å². The third-order valence-electron chi connectivity index (χ3n) is 6.78. The van der Waals surface area contributed by atoms with E-state index in [0.717, 1.165) is 22.9 Å². The molecule has 3 aromatic heterocycles. The van der Waals surface area contributed by atoms with Crippen LogP contribution in [0.15, 0.2) is 28.9 Å². The van der Waals surface area contributed by atoms with Crippen molar-refractivity contribution in [3.63, 3.8) is 0 Å². The van der Waals surface area contributed by atoms with Crippen molar-refractivity contribution in [1.29, 1.82) is 0 Å². The van der Waals surface area contributed by atoms with Gasteiger partial charge in [-0.25, -0.2) is 4.98 Å². The van der Waals surface area contributed by atoms with Crippen LogP contribution in [0.3, 0.4) is 0 Å². The van der Waals surface area contributed by atoms with E-state index in [2.05, 4.69) is 17.3 Å². The second-order valence-electron chi connectivity index (χ2n) is 8.54. The van der Waals surface area contributed by atoms with Crippen molar-refractivity contribution in [2.75, 3.05) is 0 Å². The van der Waals surface area contributed by atoms with Gasteiger partial charge < -0.3 is 9.73 Å². The normalized spacial score (nSPS) is 24.8. The highest BCUT2D eigenvalue weighted by Gasteiger charge is 2.42. The number of hydrogen-bond acceptors (Lipinski definition) is 4. The molecule has 5 rings (SSSR count). The molecule has 2 saturated carbocycles. The molecule has 3 aromatic rings. The molecule has 0 unspecified atom stereocenters. The Morgan fingerprint density at radius 2 is 2.21 bits per heavy atom. The van der Waals surface area contributed by atoms with Crippen molar-refractivity contribution in [2.45, 2.75) is 45.6 Å². The van der Waals surface area contributed by atoms with Gasteiger partial charge in [-0.05, 0) is 69.1 Å². The van der Waals surface area contributed by atoms with Crippen molar-refractivity contribution >= 4 is 16.9 Å². The summed E-state index contributed by atoms with van der Waals surface area (Å²) in [7, 11) is 1.85. The molecule has 3 heterocycles. The van der Waals surface area contributed by atoms with E-state index in [9.17, 15) is 4.79 Å². The molecule has 6 heteroatoms. The van der Waals surface area contributed by atoms with Crippen molar-refractivity contribution < 1.29 is 9.21 Å². The lowest BCUT2D eigenvalue weighted by Crippen LogP contribution is -2.40. The smallest absolute Gasteiger partial charge is 0.252 e. The Balaban J connectivity index is 1.51. The monoisotopic (exact) mass is 378 g/mol. The van der Waals surface area contributed by atoms with Crippen molar-refractivity contribution in [3.05, 3.63) is 35.7 Å². The number of amides is 1. The Kier molecular flexibility index (Phi) is 4.03. The number of carbonyl (C=O) groups excluding carboxylic acids is 1. The molecule has 2 bridgehead atoms. The molecule has 28 heavy (non-hydrogen) atoms. The first-order chi connectivity index (χ1) is 13.5. The largest absolute Gasteiger partial charge is 0.463 e. The van der Waals surface area contributed by atoms with Crippen molar-refractivity contribution in [3.8, 4) is 11.5 Å². The van der Waals surface area contributed by atoms with Crippen LogP contribution in [0, 0.1) is 24.7 Å². The van der Waals surface area contributed by atoms with Gasteiger partial charge in [0, 0.05) is 13.1 Å². The summed E-state index contributed by atoms with van der Waals surface area (Å²) in [6.45, 7) is 4.08. The standard InChI is InChI=1S/C22H26N4O2/c1-12(16-10-14-6-7-15(16)9-14)23-22(27)17-11-18(19-5-4-8-28-19)24-21-20(17)13(2)25-26(21)3/h4-5,8,11-12,14-16H,6-7,9-10H2,1-3H3,(H,23,27)/t12-,14+,15+,16-/m0/s1. The lowest BCUT2D eigenvalue weighted by atomic mass is 9.84. The van der Waals surface area contributed by atoms with Gasteiger partial charge >= 0.3 is 0 Å². The first-order valence-corrected chi connectivity index (χ1v) is 10.2. The molecule has 6 nitrogen and oxygen atoms in total. The average molecular weight is 378 g/mol. The number of rotatable bonds is 4. The van der Waals surface area contributed by atoms with Gasteiger partial charge in [0.1, 0.15) is 5.69 Å². The number of carbonyl (C=O) groups is 1. The zero-order chi connectivity index (χ0) is 19.4. The number of aryl methyl sites for hydroxylation is 2. The Morgan fingerprint density at radius 3 is 2.89 bits per heavy atom. The highest BCUT2D eigenvalue weighted by molar-refractivity contribution is 6.07. The Labute approximate surface area is 164 Å². The van der Waals surface area contributed by atoms with Crippen molar-refractivity contribution in [1.82, 2.24) is 20.1 Å². The highest BCUT2D eigenvalue weighted by atomic mass is 16.3. The molecule has 0 saturated heterocycles. The fourth-order valence-corrected chi connectivity index (χ4v) is 5.47. The third-order valence-corrected chi connectivity index (χ3v) is 6.78. The van der Waals surface area contributed by atoms with E-state index in [0.29, 0.717) is 28.6 Å². The maximum Gasteiger partial charge on any atom is 0.252 e. The number of pyridine rings is 1. The third kappa shape index (κ3) is 2.74. The lowest BCUT2D eigenvalue weighted by molar-refractivity contribution is 0.0917. The van der Waals surface area contributed by atoms with E-state index in [-0.39, 0.29) is 11.9 Å². The summed E-state index contributed by atoms with van der Waals surface area (Å²) < 4.78 is 7.25. The molecule has 2 aliphatic rings. The predicted octanol–water partition coefficient (Wildman–Crippen LogP) is 4.09. The van der Waals surface area contributed by atoms with Gasteiger partial charge in [0.15, 0.2) is 11.4 Å². The zero-order valence-electron chi connectivity index (χ0n) is 16.6. The van der Waals surface area contributed by atoms with E-state index < -0.39 is 0 Å². The lowest BCUT2D eigenvalue weighted by Gasteiger charge is -2.28. The maximum atomic E-state index is 13.3. The molecule has 1 N–H and O–H groups in total. The quantitative estimate of drug-likeness (QED) is 0.742. The van der Waals surface area contributed by atoms with Gasteiger partial charge in [0.25, 0.3) is 5.91 Å². The summed E-state index contributed by atoms with van der Waals surface area (Å²) in [6, 6.07) is 5.69. The summed E-state index contributed by atoms with van der Waals surface area (Å²) >= 11 is 0. The molecule has 0 radical (unpaired) electrons. The minimum Gasteiger partial charge on any atom is -0.463 e. The summed E-state index contributed by atoms with van der Waals surface area (Å²) in [5.41, 5.74) is 2.79. The van der Waals surface area contributed by atoms with Crippen LogP contribution in [0.5, 0.6) is 0 Å². The van der Waals surface area contributed by atoms with Gasteiger partial charge in [-0.3, -0.25) is 9.48 Å². The Hall–Kier alpha value is -2.63. The van der Waals surface area contributed by atoms with E-state index >= 15 is 0 Å². The van der Waals surface area contributed by atoms with Gasteiger partial charge in [-0.2, -0.15) is 5.10 Å². The van der Waals surface area contributed by atoms with E-state index in [1.54, 1.807) is 10.9 Å². The fourth-order valence-electron chi connectivity index (χ4n) is 5.47. The van der Waals surface area contributed by atoms with Crippen LogP contribution >= 0.6 is 0 Å². The SMILES string of the molecule is Cc1nn(C)c2nc(-c3ccco3)cc(C(=O)N[C@@H](C)[C@@H]3C[C@@H]4CC[C@@H]3C4)c12. The second-order valence-corrected chi connectivity index (χ2v) is 8.54. The number of nitrogens with one attached hydrogen (secondary N) is 1. The van der Waals surface area contributed by atoms with Crippen LogP contribution in [0.25, 0.3) is 22.5 Å². The van der Waals surface area contributed by atoms with Gasteiger partial charge in [-0.15, -0.1) is 0 Å². The van der Waals surface area contributed by atoms with Gasteiger partial charge in [-0.1, -0.05) is 6.42 Å². The van der Waals surface area contributed by atoms with Crippen LogP contribution in [0.2, 0.25) is 0 Å². The molecule has 4 atom stereocenters. The number of nitrogens with zero attached hydrogens (tertiary/aromatic N) is 3. The first kappa shape index (κ1) is 17.5. The molecule has 2 fully saturated rings. The van der Waals surface area contributed by atoms with Crippen LogP contribution < -0.4 is 5.32 Å². The molecule has 0 aromatic carbocycles. The minimum atomic E-state index is -0.0495. The Bertz CT molecular complexity index is 1040. The number of fused-ring (bicyclic) bond motifs is 3. The molecular weight excluding hydrogens is 352 g/mol. The molecule has 0 aliphatic heterocycles. The highest BCUT2D eigenvalue weighted by Crippen LogP contribution is 2.49. The first-order valence-electron chi connectivity index (χ1n) is 10.2. The van der Waals surface area contributed by atoms with E-state index in [1.807, 2.05) is 32.2 Å². The van der Waals surface area contributed by atoms with E-state index in [4.69, 9.17) is 9.40 Å². The molecular formula is C22H26N4O2. The molecule has 2 aliphatic carbocycles. The summed E-state index contributed by atoms with van der Waals surface area (Å²) in [5, 5.41) is 8.59. The van der Waals surface area contributed by atoms with Crippen LogP contribution in [0.1, 0.15) is 48.7 Å². The molecule has 0 spiro atoms. The topological polar surface area (TPSA) is 73.0 Å². The molecule has 1 amide bonds. The fraction of sp³-hybridized carbons (Fsp3) is 0.500. The molecule has 146 valence electrons. The van der Waals surface area contributed by atoms with Gasteiger partial charge in [0.2, 0.25) is 0 Å². The van der Waals surface area contributed by atoms with Crippen LogP contribution in [-0.4, -0.2) is 26.7 Å². The van der Waals surface area contributed by atoms with Crippen molar-refractivity contribution in [2.24, 2.45) is 24.8 Å². The number of furan rings is 1. The predicted molar refractivity (Wildman–Crippen MR) is 107 cm³/mol. The summed E-state index contributed by atoms with van der Waals surface area (Å²) in [4.78, 5) is 18.0. The maximum absolute atomic E-state index is 13.3. The van der Waals surface area contributed by atoms with E-state index in [1.165, 1.54) is 25.7 Å². The zero-order valence-corrected chi connectivity index (χ0v) is 16.6. The minimum absolute atomic E-state index is 0.0495. The second kappa shape index (κ2) is 6.47. The Morgan fingerprint density at radius 1 is 1.36 bits per heavy atom. The number of hydrogen-bond donors (Lipinski definition) is 1. The summed E-state index contributed by atoms with van der Waals surface area (Å²) in [5.74, 6) is 2.84. The van der Waals surface area contributed by atoms with Gasteiger partial charge in [0.05, 0.1) is 22.9 Å². The number of aromatic nitrogens is 3. The summed E-state index contributed by atoms with van der Waals surface area (Å²) in [6.07, 6.45) is 6.90. The average Bonchev–Trinajstić information content (AvgIpc) is 3.46. The van der Waals surface area contributed by atoms with Crippen LogP contribution in [0.4, 0.5) is 0 Å².